The zero-order chi connectivity index (χ0) is 39.9. The molecular formula is C45H45N11O2. The third kappa shape index (κ3) is 7.26. The van der Waals surface area contributed by atoms with Crippen LogP contribution in [0.25, 0.3) is 66.3 Å². The zero-order valence-electron chi connectivity index (χ0n) is 33.1. The first-order valence-electron chi connectivity index (χ1n) is 19.7. The van der Waals surface area contributed by atoms with Gasteiger partial charge in [-0.3, -0.25) is 29.5 Å². The van der Waals surface area contributed by atoms with Gasteiger partial charge in [0.15, 0.2) is 0 Å². The number of nitrogens with one attached hydrogen (secondary N) is 2. The quantitative estimate of drug-likeness (QED) is 0.182. The minimum absolute atomic E-state index is 0.124. The molecule has 4 aromatic heterocycles. The van der Waals surface area contributed by atoms with Gasteiger partial charge in [-0.25, -0.2) is 4.98 Å². The molecule has 2 aliphatic rings. The van der Waals surface area contributed by atoms with Crippen LogP contribution in [-0.2, 0) is 23.7 Å². The van der Waals surface area contributed by atoms with E-state index in [-0.39, 0.29) is 17.9 Å². The molecule has 13 heteroatoms. The maximum absolute atomic E-state index is 11.6. The smallest absolute Gasteiger partial charge is 0.219 e. The molecule has 0 unspecified atom stereocenters. The highest BCUT2D eigenvalue weighted by Crippen LogP contribution is 2.34. The maximum Gasteiger partial charge on any atom is 0.219 e. The van der Waals surface area contributed by atoms with Crippen molar-refractivity contribution in [1.82, 2.24) is 43.9 Å². The van der Waals surface area contributed by atoms with E-state index in [4.69, 9.17) is 0 Å². The van der Waals surface area contributed by atoms with Crippen LogP contribution in [0, 0.1) is 0 Å². The Kier molecular flexibility index (Phi) is 9.64. The summed E-state index contributed by atoms with van der Waals surface area (Å²) in [5.41, 5.74) is 13.1. The Morgan fingerprint density at radius 3 is 1.78 bits per heavy atom. The van der Waals surface area contributed by atoms with Crippen molar-refractivity contribution >= 4 is 67.2 Å². The lowest BCUT2D eigenvalue weighted by Gasteiger charge is -2.39. The van der Waals surface area contributed by atoms with Crippen LogP contribution in [-0.4, -0.2) is 93.9 Å². The first-order valence-corrected chi connectivity index (χ1v) is 19.7. The van der Waals surface area contributed by atoms with Crippen molar-refractivity contribution in [3.8, 4) is 22.3 Å². The summed E-state index contributed by atoms with van der Waals surface area (Å²) in [7, 11) is 4.06. The predicted octanol–water partition coefficient (Wildman–Crippen LogP) is 7.04. The highest BCUT2D eigenvalue weighted by molar-refractivity contribution is 5.98. The van der Waals surface area contributed by atoms with Crippen molar-refractivity contribution in [1.29, 1.82) is 0 Å². The minimum Gasteiger partial charge on any atom is -0.382 e. The number of aryl methyl sites for hydroxylation is 2. The predicted molar refractivity (Wildman–Crippen MR) is 229 cm³/mol. The lowest BCUT2D eigenvalue weighted by Crippen LogP contribution is -2.56. The number of hydrogen-bond acceptors (Lipinski definition) is 9. The topological polar surface area (TPSA) is 139 Å². The van der Waals surface area contributed by atoms with E-state index in [0.717, 1.165) is 106 Å². The molecule has 2 saturated heterocycles. The molecule has 13 nitrogen and oxygen atoms in total. The molecule has 292 valence electrons. The lowest BCUT2D eigenvalue weighted by atomic mass is 10.0. The first-order chi connectivity index (χ1) is 28.2. The molecule has 58 heavy (non-hydrogen) atoms. The Morgan fingerprint density at radius 2 is 1.16 bits per heavy atom. The largest absolute Gasteiger partial charge is 0.382 e. The van der Waals surface area contributed by atoms with Crippen molar-refractivity contribution in [2.75, 3.05) is 36.8 Å². The van der Waals surface area contributed by atoms with Crippen LogP contribution in [0.5, 0.6) is 0 Å². The summed E-state index contributed by atoms with van der Waals surface area (Å²) >= 11 is 0. The molecule has 0 bridgehead atoms. The molecule has 0 radical (unpaired) electrons. The van der Waals surface area contributed by atoms with Crippen LogP contribution >= 0.6 is 0 Å². The van der Waals surface area contributed by atoms with E-state index in [9.17, 15) is 9.59 Å². The van der Waals surface area contributed by atoms with Gasteiger partial charge in [0.1, 0.15) is 0 Å². The van der Waals surface area contributed by atoms with Crippen molar-refractivity contribution in [2.45, 2.75) is 38.8 Å². The number of imidazole rings is 1. The summed E-state index contributed by atoms with van der Waals surface area (Å²) in [6, 6.07) is 23.9. The number of likely N-dealkylation sites (tertiary alicyclic amines) is 2. The molecule has 2 amide bonds. The van der Waals surface area contributed by atoms with Gasteiger partial charge in [0.05, 0.1) is 45.5 Å². The Labute approximate surface area is 335 Å². The molecule has 2 fully saturated rings. The van der Waals surface area contributed by atoms with Crippen molar-refractivity contribution in [2.24, 2.45) is 14.1 Å². The van der Waals surface area contributed by atoms with Gasteiger partial charge in [-0.1, -0.05) is 18.2 Å². The molecule has 4 aromatic carbocycles. The molecule has 0 atom stereocenters. The number of benzene rings is 4. The standard InChI is InChI=1S/C23H24N6O.C22H21N5O/c1-15(30)29-9-5-17(6-10-29)27-18-12-19(23-21(13-18)24-7-8-25-23)16-3-4-20-22(11-16)28(2)14-26-20;1-14(28)27-12-18(13-27)25-17-10-19(22-20(11-17)23-6-7-24-22)16-4-3-15-5-8-26(2)21(15)9-16/h3-4,7-8,11-14,17,27H,5-6,9-10H2,1-2H3;3-11,18,25H,12-13H2,1-2H3. The second kappa shape index (κ2) is 15.2. The van der Waals surface area contributed by atoms with E-state index in [1.54, 1.807) is 38.6 Å². The van der Waals surface area contributed by atoms with E-state index in [0.29, 0.717) is 6.04 Å². The van der Waals surface area contributed by atoms with E-state index in [2.05, 4.69) is 108 Å². The fourth-order valence-electron chi connectivity index (χ4n) is 8.12. The van der Waals surface area contributed by atoms with Gasteiger partial charge in [0, 0.05) is 119 Å². The van der Waals surface area contributed by atoms with E-state index < -0.39 is 0 Å². The Hall–Kier alpha value is -6.89. The van der Waals surface area contributed by atoms with E-state index >= 15 is 0 Å². The number of piperidine rings is 1. The number of aromatic nitrogens is 7. The maximum atomic E-state index is 11.6. The van der Waals surface area contributed by atoms with Crippen LogP contribution in [0.3, 0.4) is 0 Å². The number of nitrogens with zero attached hydrogens (tertiary/aromatic N) is 9. The molecular weight excluding hydrogens is 727 g/mol. The number of fused-ring (bicyclic) bond motifs is 4. The average molecular weight is 772 g/mol. The SMILES string of the molecule is CC(=O)N1CC(Nc2cc(-c3ccc4ccn(C)c4c3)c3nccnc3c2)C1.CC(=O)N1CCC(Nc2cc(-c3ccc4ncn(C)c4c3)c3nccnc3c2)CC1. The molecule has 0 aliphatic carbocycles. The van der Waals surface area contributed by atoms with Gasteiger partial charge in [-0.15, -0.1) is 0 Å². The van der Waals surface area contributed by atoms with E-state index in [1.165, 1.54) is 10.9 Å². The number of rotatable bonds is 6. The average Bonchev–Trinajstić information content (AvgIpc) is 3.79. The summed E-state index contributed by atoms with van der Waals surface area (Å²) in [5, 5.41) is 8.42. The first kappa shape index (κ1) is 36.7. The number of amides is 2. The molecule has 0 spiro atoms. The van der Waals surface area contributed by atoms with Gasteiger partial charge in [0.2, 0.25) is 11.8 Å². The number of anilines is 2. The van der Waals surface area contributed by atoms with Gasteiger partial charge in [0.25, 0.3) is 0 Å². The lowest BCUT2D eigenvalue weighted by molar-refractivity contribution is -0.132. The summed E-state index contributed by atoms with van der Waals surface area (Å²) < 4.78 is 4.15. The van der Waals surface area contributed by atoms with Crippen LogP contribution in [0.2, 0.25) is 0 Å². The monoisotopic (exact) mass is 771 g/mol. The van der Waals surface area contributed by atoms with Crippen LogP contribution in [0.1, 0.15) is 26.7 Å². The number of carbonyl (C=O) groups excluding carboxylic acids is 2. The number of carbonyl (C=O) groups is 2. The zero-order valence-corrected chi connectivity index (χ0v) is 33.1. The minimum atomic E-state index is 0.124. The molecule has 8 aromatic rings. The van der Waals surface area contributed by atoms with Gasteiger partial charge in [-0.05, 0) is 77.9 Å². The molecule has 2 N–H and O–H groups in total. The van der Waals surface area contributed by atoms with Gasteiger partial charge >= 0.3 is 0 Å². The molecule has 2 aliphatic heterocycles. The van der Waals surface area contributed by atoms with Crippen LogP contribution in [0.4, 0.5) is 11.4 Å². The van der Waals surface area contributed by atoms with Gasteiger partial charge < -0.3 is 29.6 Å². The third-order valence-corrected chi connectivity index (χ3v) is 11.4. The van der Waals surface area contributed by atoms with Crippen LogP contribution in [0.15, 0.2) is 104 Å². The summed E-state index contributed by atoms with van der Waals surface area (Å²) in [4.78, 5) is 49.5. The Balaban J connectivity index is 0.000000151. The molecule has 6 heterocycles. The Bertz CT molecular complexity index is 2830. The van der Waals surface area contributed by atoms with Crippen LogP contribution < -0.4 is 10.6 Å². The van der Waals surface area contributed by atoms with E-state index in [1.807, 2.05) is 39.9 Å². The fourth-order valence-corrected chi connectivity index (χ4v) is 8.12. The second-order valence-corrected chi connectivity index (χ2v) is 15.3. The summed E-state index contributed by atoms with van der Waals surface area (Å²) in [6.45, 7) is 6.31. The number of hydrogen-bond donors (Lipinski definition) is 2. The van der Waals surface area contributed by atoms with Crippen molar-refractivity contribution < 1.29 is 9.59 Å². The molecule has 0 saturated carbocycles. The summed E-state index contributed by atoms with van der Waals surface area (Å²) in [5.74, 6) is 0.279. The highest BCUT2D eigenvalue weighted by Gasteiger charge is 2.28. The Morgan fingerprint density at radius 1 is 0.586 bits per heavy atom. The second-order valence-electron chi connectivity index (χ2n) is 15.3. The van der Waals surface area contributed by atoms with Crippen molar-refractivity contribution in [3.05, 3.63) is 104 Å². The van der Waals surface area contributed by atoms with Crippen molar-refractivity contribution in [3.63, 3.8) is 0 Å². The summed E-state index contributed by atoms with van der Waals surface area (Å²) in [6.07, 6.45) is 12.7. The fraction of sp³-hybridized carbons (Fsp3) is 0.267. The normalized spacial score (nSPS) is 14.8. The third-order valence-electron chi connectivity index (χ3n) is 11.4. The van der Waals surface area contributed by atoms with Gasteiger partial charge in [-0.2, -0.15) is 0 Å². The highest BCUT2D eigenvalue weighted by atomic mass is 16.2. The molecule has 10 rings (SSSR count).